The third-order valence-electron chi connectivity index (χ3n) is 2.44. The molecule has 0 atom stereocenters. The second-order valence-corrected chi connectivity index (χ2v) is 4.63. The fraction of sp³-hybridized carbons (Fsp3) is 0.429. The number of ketones is 1. The van der Waals surface area contributed by atoms with Crippen LogP contribution in [0.25, 0.3) is 0 Å². The lowest BCUT2D eigenvalue weighted by Crippen LogP contribution is -2.23. The van der Waals surface area contributed by atoms with Crippen molar-refractivity contribution in [3.05, 3.63) is 35.4 Å². The molecule has 1 N–H and O–H groups in total. The van der Waals surface area contributed by atoms with E-state index in [0.29, 0.717) is 24.4 Å². The van der Waals surface area contributed by atoms with Gasteiger partial charge in [-0.15, -0.1) is 0 Å². The number of carbonyl (C=O) groups excluding carboxylic acids is 2. The zero-order chi connectivity index (χ0) is 12.8. The van der Waals surface area contributed by atoms with Crippen molar-refractivity contribution in [3.8, 4) is 0 Å². The summed E-state index contributed by atoms with van der Waals surface area (Å²) in [6, 6.07) is 7.30. The predicted octanol–water partition coefficient (Wildman–Crippen LogP) is 2.55. The van der Waals surface area contributed by atoms with Crippen molar-refractivity contribution in [2.75, 3.05) is 0 Å². The summed E-state index contributed by atoms with van der Waals surface area (Å²) in [5, 5.41) is 2.86. The Labute approximate surface area is 102 Å². The van der Waals surface area contributed by atoms with Crippen LogP contribution in [0.3, 0.4) is 0 Å². The zero-order valence-electron chi connectivity index (χ0n) is 10.6. The smallest absolute Gasteiger partial charge is 0.220 e. The summed E-state index contributed by atoms with van der Waals surface area (Å²) in [6.07, 6.45) is 0.547. The molecule has 0 saturated carbocycles. The number of amides is 1. The van der Waals surface area contributed by atoms with Gasteiger partial charge in [-0.3, -0.25) is 9.59 Å². The minimum Gasteiger partial charge on any atom is -0.352 e. The van der Waals surface area contributed by atoms with Gasteiger partial charge in [0.1, 0.15) is 0 Å². The van der Waals surface area contributed by atoms with Gasteiger partial charge in [0.05, 0.1) is 0 Å². The third kappa shape index (κ3) is 4.81. The van der Waals surface area contributed by atoms with Gasteiger partial charge >= 0.3 is 0 Å². The highest BCUT2D eigenvalue weighted by atomic mass is 16.1. The van der Waals surface area contributed by atoms with Gasteiger partial charge in [0.15, 0.2) is 5.78 Å². The van der Waals surface area contributed by atoms with Gasteiger partial charge in [-0.25, -0.2) is 0 Å². The molecule has 0 aromatic heterocycles. The van der Waals surface area contributed by atoms with Gasteiger partial charge in [0.25, 0.3) is 0 Å². The lowest BCUT2D eigenvalue weighted by Gasteiger charge is -2.07. The first-order valence-corrected chi connectivity index (χ1v) is 5.85. The first-order valence-electron chi connectivity index (χ1n) is 5.85. The Morgan fingerprint density at radius 1 is 1.18 bits per heavy atom. The number of Topliss-reactive ketones (excluding diaryl/α,β-unsaturated/α-hetero) is 1. The molecular formula is C14H19NO2. The Bertz CT molecular complexity index is 393. The van der Waals surface area contributed by atoms with E-state index in [4.69, 9.17) is 0 Å². The van der Waals surface area contributed by atoms with Crippen molar-refractivity contribution >= 4 is 11.7 Å². The first-order chi connectivity index (χ1) is 7.99. The third-order valence-corrected chi connectivity index (χ3v) is 2.44. The molecule has 0 bridgehead atoms. The molecule has 0 saturated heterocycles. The van der Waals surface area contributed by atoms with E-state index >= 15 is 0 Å². The van der Waals surface area contributed by atoms with E-state index in [1.165, 1.54) is 0 Å². The van der Waals surface area contributed by atoms with E-state index in [-0.39, 0.29) is 11.7 Å². The molecule has 0 radical (unpaired) electrons. The lowest BCUT2D eigenvalue weighted by molar-refractivity contribution is -0.121. The average molecular weight is 233 g/mol. The van der Waals surface area contributed by atoms with Gasteiger partial charge in [0.2, 0.25) is 5.91 Å². The van der Waals surface area contributed by atoms with E-state index in [2.05, 4.69) is 5.32 Å². The van der Waals surface area contributed by atoms with Gasteiger partial charge in [-0.2, -0.15) is 0 Å². The molecule has 0 aliphatic rings. The average Bonchev–Trinajstić information content (AvgIpc) is 2.26. The van der Waals surface area contributed by atoms with Gasteiger partial charge < -0.3 is 5.32 Å². The maximum Gasteiger partial charge on any atom is 0.220 e. The summed E-state index contributed by atoms with van der Waals surface area (Å²) in [5.41, 5.74) is 1.70. The molecule has 0 heterocycles. The molecule has 0 spiro atoms. The summed E-state index contributed by atoms with van der Waals surface area (Å²) >= 11 is 0. The topological polar surface area (TPSA) is 46.2 Å². The monoisotopic (exact) mass is 233 g/mol. The number of benzene rings is 1. The largest absolute Gasteiger partial charge is 0.352 e. The molecule has 1 aromatic carbocycles. The Hall–Kier alpha value is -1.64. The van der Waals surface area contributed by atoms with Crippen LogP contribution in [0.1, 0.15) is 43.1 Å². The van der Waals surface area contributed by atoms with Crippen LogP contribution in [-0.2, 0) is 11.3 Å². The highest BCUT2D eigenvalue weighted by molar-refractivity contribution is 5.94. The van der Waals surface area contributed by atoms with Crippen molar-refractivity contribution in [2.24, 2.45) is 5.92 Å². The molecule has 92 valence electrons. The Morgan fingerprint density at radius 3 is 2.24 bits per heavy atom. The number of hydrogen-bond donors (Lipinski definition) is 1. The first kappa shape index (κ1) is 13.4. The van der Waals surface area contributed by atoms with Crippen molar-refractivity contribution in [2.45, 2.75) is 33.7 Å². The number of hydrogen-bond acceptors (Lipinski definition) is 2. The van der Waals surface area contributed by atoms with Gasteiger partial charge in [-0.1, -0.05) is 38.1 Å². The highest BCUT2D eigenvalue weighted by Crippen LogP contribution is 2.05. The van der Waals surface area contributed by atoms with Crippen LogP contribution in [0.4, 0.5) is 0 Å². The summed E-state index contributed by atoms with van der Waals surface area (Å²) in [7, 11) is 0. The maximum atomic E-state index is 11.4. The zero-order valence-corrected chi connectivity index (χ0v) is 10.6. The van der Waals surface area contributed by atoms with Crippen LogP contribution < -0.4 is 5.32 Å². The second-order valence-electron chi connectivity index (χ2n) is 4.63. The molecule has 17 heavy (non-hydrogen) atoms. The van der Waals surface area contributed by atoms with Crippen LogP contribution in [-0.4, -0.2) is 11.7 Å². The summed E-state index contributed by atoms with van der Waals surface area (Å²) in [5.74, 6) is 0.492. The number of nitrogens with one attached hydrogen (secondary N) is 1. The Balaban J connectivity index is 2.47. The fourth-order valence-electron chi connectivity index (χ4n) is 1.50. The van der Waals surface area contributed by atoms with Crippen molar-refractivity contribution in [1.82, 2.24) is 5.32 Å². The van der Waals surface area contributed by atoms with Gasteiger partial charge in [-0.05, 0) is 18.4 Å². The summed E-state index contributed by atoms with van der Waals surface area (Å²) < 4.78 is 0. The molecule has 3 nitrogen and oxygen atoms in total. The minimum absolute atomic E-state index is 0.0559. The van der Waals surface area contributed by atoms with E-state index in [1.54, 1.807) is 19.1 Å². The van der Waals surface area contributed by atoms with E-state index < -0.39 is 0 Å². The van der Waals surface area contributed by atoms with E-state index in [9.17, 15) is 9.59 Å². The van der Waals surface area contributed by atoms with Crippen LogP contribution >= 0.6 is 0 Å². The fourth-order valence-corrected chi connectivity index (χ4v) is 1.50. The molecule has 0 unspecified atom stereocenters. The number of carbonyl (C=O) groups is 2. The SMILES string of the molecule is CC(=O)c1ccc(CNC(=O)CC(C)C)cc1. The van der Waals surface area contributed by atoms with E-state index in [0.717, 1.165) is 5.56 Å². The number of rotatable bonds is 5. The Kier molecular flexibility index (Phi) is 4.88. The second kappa shape index (κ2) is 6.18. The predicted molar refractivity (Wildman–Crippen MR) is 67.7 cm³/mol. The molecular weight excluding hydrogens is 214 g/mol. The summed E-state index contributed by atoms with van der Waals surface area (Å²) in [6.45, 7) is 6.09. The van der Waals surface area contributed by atoms with Crippen LogP contribution in [0.15, 0.2) is 24.3 Å². The van der Waals surface area contributed by atoms with Crippen LogP contribution in [0, 0.1) is 5.92 Å². The Morgan fingerprint density at radius 2 is 1.76 bits per heavy atom. The lowest BCUT2D eigenvalue weighted by atomic mass is 10.1. The summed E-state index contributed by atoms with van der Waals surface area (Å²) in [4.78, 5) is 22.5. The molecule has 3 heteroatoms. The molecule has 0 aliphatic heterocycles. The molecule has 1 rings (SSSR count). The van der Waals surface area contributed by atoms with Crippen molar-refractivity contribution in [3.63, 3.8) is 0 Å². The van der Waals surface area contributed by atoms with Crippen molar-refractivity contribution < 1.29 is 9.59 Å². The molecule has 1 aromatic rings. The standard InChI is InChI=1S/C14H19NO2/c1-10(2)8-14(17)15-9-12-4-6-13(7-5-12)11(3)16/h4-7,10H,8-9H2,1-3H3,(H,15,17). The molecule has 1 amide bonds. The van der Waals surface area contributed by atoms with Crippen LogP contribution in [0.5, 0.6) is 0 Å². The minimum atomic E-state index is 0.0559. The quantitative estimate of drug-likeness (QED) is 0.794. The van der Waals surface area contributed by atoms with Gasteiger partial charge in [0, 0.05) is 18.5 Å². The molecule has 0 aliphatic carbocycles. The van der Waals surface area contributed by atoms with E-state index in [1.807, 2.05) is 26.0 Å². The normalized spacial score (nSPS) is 10.4. The van der Waals surface area contributed by atoms with Crippen LogP contribution in [0.2, 0.25) is 0 Å². The van der Waals surface area contributed by atoms with Crippen molar-refractivity contribution in [1.29, 1.82) is 0 Å². The molecule has 0 fully saturated rings. The highest BCUT2D eigenvalue weighted by Gasteiger charge is 2.04. The maximum absolute atomic E-state index is 11.4.